The van der Waals surface area contributed by atoms with Crippen LogP contribution in [0.25, 0.3) is 0 Å². The Morgan fingerprint density at radius 1 is 0.947 bits per heavy atom. The lowest BCUT2D eigenvalue weighted by molar-refractivity contribution is -0.182. The van der Waals surface area contributed by atoms with E-state index in [1.807, 2.05) is 6.92 Å². The summed E-state index contributed by atoms with van der Waals surface area (Å²) in [6.45, 7) is 5.38. The third-order valence-corrected chi connectivity index (χ3v) is 4.12. The van der Waals surface area contributed by atoms with Gasteiger partial charge in [0.25, 0.3) is 0 Å². The largest absolute Gasteiger partial charge is 0.284 e. The smallest absolute Gasteiger partial charge is 0.242 e. The van der Waals surface area contributed by atoms with E-state index in [-0.39, 0.29) is 6.54 Å². The summed E-state index contributed by atoms with van der Waals surface area (Å²) in [5.74, 6) is -3.85. The number of nitrogens with zero attached hydrogens (tertiary/aromatic N) is 2. The topological polar surface area (TPSA) is 74.8 Å². The van der Waals surface area contributed by atoms with Gasteiger partial charge < -0.3 is 0 Å². The first kappa shape index (κ1) is 13.7. The molecule has 2 heterocycles. The van der Waals surface area contributed by atoms with E-state index in [9.17, 15) is 19.2 Å². The van der Waals surface area contributed by atoms with Crippen molar-refractivity contribution in [1.82, 2.24) is 9.80 Å². The molecule has 19 heavy (non-hydrogen) atoms. The van der Waals surface area contributed by atoms with E-state index < -0.39 is 40.9 Å². The van der Waals surface area contributed by atoms with Crippen LogP contribution in [0.5, 0.6) is 0 Å². The Bertz CT molecular complexity index is 445. The molecule has 2 atom stereocenters. The van der Waals surface area contributed by atoms with Gasteiger partial charge in [-0.25, -0.2) is 0 Å². The van der Waals surface area contributed by atoms with Gasteiger partial charge in [-0.3, -0.25) is 29.0 Å². The van der Waals surface area contributed by atoms with Gasteiger partial charge in [-0.2, -0.15) is 0 Å². The lowest BCUT2D eigenvalue weighted by Gasteiger charge is -2.50. The Labute approximate surface area is 111 Å². The van der Waals surface area contributed by atoms with Crippen LogP contribution in [-0.4, -0.2) is 47.0 Å². The standard InChI is InChI=1S/C13H18N2O4/c1-5-6-15-11(18)7-9(16)14(4)10(17)8(12(15)19)13(7,2)3/h7-8H,5-6H2,1-4H3. The molecule has 2 fully saturated rings. The molecule has 0 N–H and O–H groups in total. The predicted octanol–water partition coefficient (Wildman–Crippen LogP) is 0.0224. The monoisotopic (exact) mass is 266 g/mol. The van der Waals surface area contributed by atoms with Gasteiger partial charge in [-0.05, 0) is 6.42 Å². The molecule has 2 saturated heterocycles. The van der Waals surface area contributed by atoms with Crippen molar-refractivity contribution in [3.05, 3.63) is 0 Å². The number of piperidine rings is 2. The molecule has 2 unspecified atom stereocenters. The zero-order valence-electron chi connectivity index (χ0n) is 11.6. The normalized spacial score (nSPS) is 30.1. The van der Waals surface area contributed by atoms with Crippen molar-refractivity contribution in [3.63, 3.8) is 0 Å². The first-order valence-electron chi connectivity index (χ1n) is 6.41. The van der Waals surface area contributed by atoms with Gasteiger partial charge in [0, 0.05) is 19.0 Å². The summed E-state index contributed by atoms with van der Waals surface area (Å²) in [6, 6.07) is 0. The van der Waals surface area contributed by atoms with Crippen molar-refractivity contribution < 1.29 is 19.2 Å². The summed E-state index contributed by atoms with van der Waals surface area (Å²) < 4.78 is 0. The van der Waals surface area contributed by atoms with E-state index in [2.05, 4.69) is 0 Å². The molecule has 2 aliphatic heterocycles. The Morgan fingerprint density at radius 2 is 1.37 bits per heavy atom. The Hall–Kier alpha value is -1.72. The molecule has 6 heteroatoms. The predicted molar refractivity (Wildman–Crippen MR) is 65.5 cm³/mol. The highest BCUT2D eigenvalue weighted by Gasteiger charge is 2.63. The fraction of sp³-hybridized carbons (Fsp3) is 0.692. The maximum Gasteiger partial charge on any atom is 0.242 e. The summed E-state index contributed by atoms with van der Waals surface area (Å²) in [5.41, 5.74) is -0.945. The van der Waals surface area contributed by atoms with Crippen LogP contribution in [0.1, 0.15) is 27.2 Å². The number of rotatable bonds is 2. The van der Waals surface area contributed by atoms with Gasteiger partial charge in [0.15, 0.2) is 0 Å². The van der Waals surface area contributed by atoms with Crippen LogP contribution in [0.2, 0.25) is 0 Å². The van der Waals surface area contributed by atoms with Crippen molar-refractivity contribution in [2.45, 2.75) is 27.2 Å². The summed E-state index contributed by atoms with van der Waals surface area (Å²) in [7, 11) is 1.33. The number of hydrogen-bond acceptors (Lipinski definition) is 4. The van der Waals surface area contributed by atoms with Crippen molar-refractivity contribution >= 4 is 23.6 Å². The quantitative estimate of drug-likeness (QED) is 0.522. The Kier molecular flexibility index (Phi) is 2.99. The Balaban J connectivity index is 2.55. The van der Waals surface area contributed by atoms with Crippen LogP contribution >= 0.6 is 0 Å². The third-order valence-electron chi connectivity index (χ3n) is 4.12. The van der Waals surface area contributed by atoms with Gasteiger partial charge in [-0.15, -0.1) is 0 Å². The number of carbonyl (C=O) groups excluding carboxylic acids is 4. The van der Waals surface area contributed by atoms with Crippen molar-refractivity contribution in [3.8, 4) is 0 Å². The average Bonchev–Trinajstić information content (AvgIpc) is 2.31. The number of hydrogen-bond donors (Lipinski definition) is 0. The first-order valence-corrected chi connectivity index (χ1v) is 6.41. The van der Waals surface area contributed by atoms with Crippen LogP contribution in [0, 0.1) is 17.3 Å². The molecule has 2 rings (SSSR count). The summed E-state index contributed by atoms with van der Waals surface area (Å²) in [5, 5.41) is 0. The van der Waals surface area contributed by atoms with E-state index in [0.29, 0.717) is 6.42 Å². The average molecular weight is 266 g/mol. The van der Waals surface area contributed by atoms with Crippen molar-refractivity contribution in [1.29, 1.82) is 0 Å². The molecule has 0 aromatic rings. The molecule has 2 bridgehead atoms. The minimum absolute atomic E-state index is 0.255. The SMILES string of the molecule is CCCN1C(=O)C2C(=O)N(C)C(=O)C(C1=O)C2(C)C. The van der Waals surface area contributed by atoms with E-state index in [0.717, 1.165) is 9.80 Å². The second kappa shape index (κ2) is 4.15. The molecule has 2 aliphatic rings. The second-order valence-corrected chi connectivity index (χ2v) is 5.75. The van der Waals surface area contributed by atoms with E-state index in [1.165, 1.54) is 7.05 Å². The first-order chi connectivity index (χ1) is 8.75. The van der Waals surface area contributed by atoms with Crippen molar-refractivity contribution in [2.24, 2.45) is 17.3 Å². The van der Waals surface area contributed by atoms with Crippen LogP contribution in [0.15, 0.2) is 0 Å². The van der Waals surface area contributed by atoms with Gasteiger partial charge >= 0.3 is 0 Å². The number of amides is 4. The van der Waals surface area contributed by atoms with E-state index >= 15 is 0 Å². The number of likely N-dealkylation sites (tertiary alicyclic amines) is 2. The lowest BCUT2D eigenvalue weighted by atomic mass is 9.62. The number of fused-ring (bicyclic) bond motifs is 2. The zero-order valence-corrected chi connectivity index (χ0v) is 11.6. The maximum atomic E-state index is 12.4. The molecule has 0 radical (unpaired) electrons. The number of imide groups is 2. The van der Waals surface area contributed by atoms with Crippen LogP contribution in [0.4, 0.5) is 0 Å². The van der Waals surface area contributed by atoms with E-state index in [1.54, 1.807) is 13.8 Å². The van der Waals surface area contributed by atoms with Crippen LogP contribution in [-0.2, 0) is 19.2 Å². The third kappa shape index (κ3) is 1.62. The number of carbonyl (C=O) groups is 4. The van der Waals surface area contributed by atoms with Crippen LogP contribution in [0.3, 0.4) is 0 Å². The Morgan fingerprint density at radius 3 is 1.74 bits per heavy atom. The molecule has 4 amide bonds. The molecule has 6 nitrogen and oxygen atoms in total. The molecule has 0 saturated carbocycles. The highest BCUT2D eigenvalue weighted by molar-refractivity contribution is 6.22. The van der Waals surface area contributed by atoms with Crippen LogP contribution < -0.4 is 0 Å². The fourth-order valence-electron chi connectivity index (χ4n) is 3.01. The van der Waals surface area contributed by atoms with Gasteiger partial charge in [0.05, 0.1) is 0 Å². The minimum Gasteiger partial charge on any atom is -0.284 e. The molecule has 0 aromatic heterocycles. The second-order valence-electron chi connectivity index (χ2n) is 5.75. The van der Waals surface area contributed by atoms with Gasteiger partial charge in [-0.1, -0.05) is 20.8 Å². The van der Waals surface area contributed by atoms with E-state index in [4.69, 9.17) is 0 Å². The lowest BCUT2D eigenvalue weighted by Crippen LogP contribution is -2.69. The highest BCUT2D eigenvalue weighted by Crippen LogP contribution is 2.46. The fourth-order valence-corrected chi connectivity index (χ4v) is 3.01. The van der Waals surface area contributed by atoms with Gasteiger partial charge in [0.1, 0.15) is 11.8 Å². The van der Waals surface area contributed by atoms with Crippen molar-refractivity contribution in [2.75, 3.05) is 13.6 Å². The molecular weight excluding hydrogens is 248 g/mol. The van der Waals surface area contributed by atoms with Gasteiger partial charge in [0.2, 0.25) is 23.6 Å². The molecule has 0 spiro atoms. The minimum atomic E-state index is -0.945. The highest BCUT2D eigenvalue weighted by atomic mass is 16.2. The molecular formula is C13H18N2O4. The zero-order chi connectivity index (χ0) is 14.5. The molecule has 104 valence electrons. The summed E-state index contributed by atoms with van der Waals surface area (Å²) >= 11 is 0. The summed E-state index contributed by atoms with van der Waals surface area (Å²) in [6.07, 6.45) is 0.607. The molecule has 0 aliphatic carbocycles. The summed E-state index contributed by atoms with van der Waals surface area (Å²) in [4.78, 5) is 51.1. The molecule has 0 aromatic carbocycles. The maximum absolute atomic E-state index is 12.4.